The van der Waals surface area contributed by atoms with Gasteiger partial charge in [0.05, 0.1) is 39.9 Å². The van der Waals surface area contributed by atoms with E-state index in [1.165, 1.54) is 135 Å². The molecule has 0 aliphatic carbocycles. The lowest BCUT2D eigenvalue weighted by atomic mass is 10.0. The first-order valence-corrected chi connectivity index (χ1v) is 25.3. The molecule has 3 atom stereocenters. The minimum atomic E-state index is -4.30. The molecule has 1 amide bonds. The number of phosphoric acid groups is 1. The number of carbonyl (C=O) groups excluding carboxylic acids is 1. The Hall–Kier alpha value is -1.28. The van der Waals surface area contributed by atoms with E-state index in [9.17, 15) is 19.4 Å². The highest BCUT2D eigenvalue weighted by Crippen LogP contribution is 2.43. The number of nitrogens with one attached hydrogen (secondary N) is 1. The van der Waals surface area contributed by atoms with Crippen LogP contribution in [0.4, 0.5) is 0 Å². The van der Waals surface area contributed by atoms with E-state index >= 15 is 0 Å². The average Bonchev–Trinajstić information content (AvgIpc) is 3.16. The second-order valence-electron chi connectivity index (χ2n) is 17.5. The molecule has 0 fully saturated rings. The van der Waals surface area contributed by atoms with Crippen LogP contribution in [0.1, 0.15) is 213 Å². The molecule has 0 aromatic rings. The Morgan fingerprint density at radius 2 is 1.00 bits per heavy atom. The van der Waals surface area contributed by atoms with E-state index in [1.807, 2.05) is 21.1 Å². The normalized spacial score (nSPS) is 14.6. The second-order valence-corrected chi connectivity index (χ2v) is 18.9. The largest absolute Gasteiger partial charge is 0.472 e. The van der Waals surface area contributed by atoms with Crippen molar-refractivity contribution in [2.45, 2.75) is 225 Å². The van der Waals surface area contributed by atoms with Crippen LogP contribution < -0.4 is 5.32 Å². The highest BCUT2D eigenvalue weighted by atomic mass is 31.2. The number of phosphoric ester groups is 1. The SMILES string of the molecule is CCCCCCC/C=C\C/C=C\C/C=C\CCCCCCCCCCCCCCCCC(=O)NC(COP(=O)(O)OCC[N+](C)(C)C)C(O)CCCCCCCC. The Morgan fingerprint density at radius 1 is 0.596 bits per heavy atom. The molecule has 57 heavy (non-hydrogen) atoms. The number of carbonyl (C=O) groups is 1. The van der Waals surface area contributed by atoms with Crippen LogP contribution in [0.15, 0.2) is 36.5 Å². The van der Waals surface area contributed by atoms with Crippen LogP contribution in [0.25, 0.3) is 0 Å². The number of aliphatic hydroxyl groups is 1. The van der Waals surface area contributed by atoms with Crippen molar-refractivity contribution in [3.63, 3.8) is 0 Å². The molecule has 0 saturated carbocycles. The number of aliphatic hydroxyl groups excluding tert-OH is 1. The Bertz CT molecular complexity index is 1030. The van der Waals surface area contributed by atoms with Crippen molar-refractivity contribution in [3.05, 3.63) is 36.5 Å². The van der Waals surface area contributed by atoms with Crippen LogP contribution in [0, 0.1) is 0 Å². The van der Waals surface area contributed by atoms with E-state index < -0.39 is 20.0 Å². The van der Waals surface area contributed by atoms with Gasteiger partial charge in [-0.1, -0.05) is 192 Å². The van der Waals surface area contributed by atoms with Gasteiger partial charge >= 0.3 is 7.82 Å². The molecule has 0 aliphatic rings. The van der Waals surface area contributed by atoms with Crippen molar-refractivity contribution >= 4 is 13.7 Å². The summed E-state index contributed by atoms with van der Waals surface area (Å²) in [5.74, 6) is -0.151. The lowest BCUT2D eigenvalue weighted by Crippen LogP contribution is -2.46. The zero-order valence-corrected chi connectivity index (χ0v) is 39.0. The van der Waals surface area contributed by atoms with E-state index in [0.29, 0.717) is 23.9 Å². The average molecular weight is 826 g/mol. The minimum Gasteiger partial charge on any atom is -0.391 e. The first kappa shape index (κ1) is 55.7. The fourth-order valence-corrected chi connectivity index (χ4v) is 7.55. The molecule has 3 unspecified atom stereocenters. The summed E-state index contributed by atoms with van der Waals surface area (Å²) in [6.45, 7) is 4.81. The predicted octanol–water partition coefficient (Wildman–Crippen LogP) is 13.5. The first-order valence-electron chi connectivity index (χ1n) is 23.9. The van der Waals surface area contributed by atoms with Gasteiger partial charge in [-0.3, -0.25) is 13.8 Å². The van der Waals surface area contributed by atoms with Crippen molar-refractivity contribution in [2.75, 3.05) is 40.9 Å². The summed E-state index contributed by atoms with van der Waals surface area (Å²) >= 11 is 0. The van der Waals surface area contributed by atoms with Gasteiger partial charge in [0.25, 0.3) is 0 Å². The molecule has 9 heteroatoms. The van der Waals surface area contributed by atoms with Gasteiger partial charge in [-0.15, -0.1) is 0 Å². The Balaban J connectivity index is 3.94. The Kier molecular flexibility index (Phi) is 39.2. The standard InChI is InChI=1S/C48H93N2O6P/c1-6-8-10-12-14-15-16-17-18-19-20-21-22-23-24-25-26-27-28-29-30-31-32-33-34-35-36-38-40-42-48(52)49-46(47(51)41-39-37-13-11-9-7-2)45-56-57(53,54)55-44-43-50(3,4)5/h16-17,19-20,22-23,46-47,51H,6-15,18,21,24-45H2,1-5H3,(H-,49,52,53,54)/p+1/b17-16-,20-19-,23-22-. The van der Waals surface area contributed by atoms with Gasteiger partial charge < -0.3 is 19.8 Å². The minimum absolute atomic E-state index is 0.0739. The third-order valence-corrected chi connectivity index (χ3v) is 11.6. The summed E-state index contributed by atoms with van der Waals surface area (Å²) in [5.41, 5.74) is 0. The van der Waals surface area contributed by atoms with E-state index in [2.05, 4.69) is 55.6 Å². The van der Waals surface area contributed by atoms with Gasteiger partial charge in [-0.25, -0.2) is 4.57 Å². The summed E-state index contributed by atoms with van der Waals surface area (Å²) in [7, 11) is 1.61. The summed E-state index contributed by atoms with van der Waals surface area (Å²) in [4.78, 5) is 23.0. The fraction of sp³-hybridized carbons (Fsp3) is 0.854. The molecule has 0 heterocycles. The molecule has 3 N–H and O–H groups in total. The topological polar surface area (TPSA) is 105 Å². The summed E-state index contributed by atoms with van der Waals surface area (Å²) in [6, 6.07) is -0.756. The van der Waals surface area contributed by atoms with E-state index in [4.69, 9.17) is 9.05 Å². The smallest absolute Gasteiger partial charge is 0.391 e. The van der Waals surface area contributed by atoms with Crippen molar-refractivity contribution in [1.82, 2.24) is 5.32 Å². The number of quaternary nitrogens is 1. The summed E-state index contributed by atoms with van der Waals surface area (Å²) in [6.07, 6.45) is 49.3. The number of allylic oxidation sites excluding steroid dienone is 6. The van der Waals surface area contributed by atoms with Crippen LogP contribution >= 0.6 is 7.82 Å². The first-order chi connectivity index (χ1) is 27.5. The van der Waals surface area contributed by atoms with Crippen LogP contribution in [0.5, 0.6) is 0 Å². The molecule has 8 nitrogen and oxygen atoms in total. The van der Waals surface area contributed by atoms with Crippen LogP contribution in [-0.4, -0.2) is 73.4 Å². The lowest BCUT2D eigenvalue weighted by molar-refractivity contribution is -0.870. The monoisotopic (exact) mass is 826 g/mol. The molecule has 0 spiro atoms. The Labute approximate surface area is 353 Å². The molecular formula is C48H94N2O6P+. The van der Waals surface area contributed by atoms with Crippen molar-refractivity contribution < 1.29 is 32.9 Å². The van der Waals surface area contributed by atoms with Gasteiger partial charge in [0.1, 0.15) is 13.2 Å². The maximum Gasteiger partial charge on any atom is 0.472 e. The van der Waals surface area contributed by atoms with Gasteiger partial charge in [0.15, 0.2) is 0 Å². The summed E-state index contributed by atoms with van der Waals surface area (Å²) in [5, 5.41) is 13.8. The van der Waals surface area contributed by atoms with Crippen LogP contribution in [-0.2, 0) is 18.4 Å². The molecule has 0 rings (SSSR count). The zero-order chi connectivity index (χ0) is 42.1. The van der Waals surface area contributed by atoms with Crippen molar-refractivity contribution in [2.24, 2.45) is 0 Å². The zero-order valence-electron chi connectivity index (χ0n) is 38.1. The molecule has 0 aliphatic heterocycles. The van der Waals surface area contributed by atoms with Crippen LogP contribution in [0.2, 0.25) is 0 Å². The van der Waals surface area contributed by atoms with E-state index in [-0.39, 0.29) is 19.1 Å². The highest BCUT2D eigenvalue weighted by Gasteiger charge is 2.28. The van der Waals surface area contributed by atoms with Gasteiger partial charge in [0.2, 0.25) is 5.91 Å². The maximum absolute atomic E-state index is 12.8. The predicted molar refractivity (Wildman–Crippen MR) is 244 cm³/mol. The molecule has 336 valence electrons. The number of rotatable bonds is 43. The van der Waals surface area contributed by atoms with Crippen molar-refractivity contribution in [3.8, 4) is 0 Å². The van der Waals surface area contributed by atoms with Crippen LogP contribution in [0.3, 0.4) is 0 Å². The molecule has 0 aromatic carbocycles. The fourth-order valence-electron chi connectivity index (χ4n) is 6.82. The molecule has 0 radical (unpaired) electrons. The van der Waals surface area contributed by atoms with E-state index in [0.717, 1.165) is 51.4 Å². The number of nitrogens with zero attached hydrogens (tertiary/aromatic N) is 1. The van der Waals surface area contributed by atoms with E-state index in [1.54, 1.807) is 0 Å². The summed E-state index contributed by atoms with van der Waals surface area (Å²) < 4.78 is 23.5. The number of likely N-dealkylation sites (N-methyl/N-ethyl adjacent to an activating group) is 1. The third kappa shape index (κ3) is 42.6. The number of hydrogen-bond acceptors (Lipinski definition) is 5. The quantitative estimate of drug-likeness (QED) is 0.0245. The maximum atomic E-state index is 12.8. The van der Waals surface area contributed by atoms with Crippen molar-refractivity contribution in [1.29, 1.82) is 0 Å². The lowest BCUT2D eigenvalue weighted by Gasteiger charge is -2.26. The molecular weight excluding hydrogens is 732 g/mol. The number of amides is 1. The van der Waals surface area contributed by atoms with Gasteiger partial charge in [-0.05, 0) is 51.4 Å². The molecule has 0 aromatic heterocycles. The second kappa shape index (κ2) is 40.1. The molecule has 0 saturated heterocycles. The molecule has 0 bridgehead atoms. The van der Waals surface area contributed by atoms with Gasteiger partial charge in [0, 0.05) is 6.42 Å². The van der Waals surface area contributed by atoms with Gasteiger partial charge in [-0.2, -0.15) is 0 Å². The number of unbranched alkanes of at least 4 members (excludes halogenated alkanes) is 24. The Morgan fingerprint density at radius 3 is 1.46 bits per heavy atom. The third-order valence-electron chi connectivity index (χ3n) is 10.6. The number of hydrogen-bond donors (Lipinski definition) is 3. The highest BCUT2D eigenvalue weighted by molar-refractivity contribution is 7.47.